The van der Waals surface area contributed by atoms with Crippen LogP contribution in [0.15, 0.2) is 29.6 Å². The van der Waals surface area contributed by atoms with Crippen LogP contribution in [-0.2, 0) is 7.05 Å². The molecule has 0 fully saturated rings. The highest BCUT2D eigenvalue weighted by atomic mass is 35.5. The summed E-state index contributed by atoms with van der Waals surface area (Å²) in [6.45, 7) is 0. The van der Waals surface area contributed by atoms with Crippen LogP contribution in [0, 0.1) is 5.82 Å². The highest BCUT2D eigenvalue weighted by molar-refractivity contribution is 7.14. The number of methoxy groups -OCH3 is 1. The van der Waals surface area contributed by atoms with Gasteiger partial charge >= 0.3 is 0 Å². The maximum absolute atomic E-state index is 13.5. The number of rotatable bonds is 4. The van der Waals surface area contributed by atoms with E-state index in [0.29, 0.717) is 32.9 Å². The maximum atomic E-state index is 13.5. The summed E-state index contributed by atoms with van der Waals surface area (Å²) >= 11 is 13.1. The summed E-state index contributed by atoms with van der Waals surface area (Å²) in [4.78, 5) is 16.7. The van der Waals surface area contributed by atoms with Gasteiger partial charge in [-0.25, -0.2) is 9.37 Å². The van der Waals surface area contributed by atoms with Crippen LogP contribution in [0.1, 0.15) is 10.5 Å². The van der Waals surface area contributed by atoms with Crippen LogP contribution in [-0.4, -0.2) is 22.6 Å². The third-order valence-corrected chi connectivity index (χ3v) is 5.11. The van der Waals surface area contributed by atoms with Gasteiger partial charge in [0.25, 0.3) is 5.91 Å². The van der Waals surface area contributed by atoms with Crippen LogP contribution >= 0.6 is 34.5 Å². The number of nitrogens with zero attached hydrogens (tertiary/aromatic N) is 2. The van der Waals surface area contributed by atoms with E-state index in [9.17, 15) is 9.18 Å². The van der Waals surface area contributed by atoms with Gasteiger partial charge in [-0.15, -0.1) is 11.3 Å². The monoisotopic (exact) mass is 399 g/mol. The molecule has 0 saturated heterocycles. The molecule has 2 heterocycles. The number of hydrogen-bond donors (Lipinski definition) is 1. The van der Waals surface area contributed by atoms with E-state index >= 15 is 0 Å². The topological polar surface area (TPSA) is 56.1 Å². The third kappa shape index (κ3) is 3.49. The van der Waals surface area contributed by atoms with E-state index in [1.807, 2.05) is 0 Å². The van der Waals surface area contributed by atoms with Gasteiger partial charge in [0.2, 0.25) is 0 Å². The first kappa shape index (κ1) is 17.7. The van der Waals surface area contributed by atoms with Crippen molar-refractivity contribution >= 4 is 45.6 Å². The number of halogens is 3. The van der Waals surface area contributed by atoms with Crippen LogP contribution in [0.5, 0.6) is 5.75 Å². The predicted octanol–water partition coefficient (Wildman–Crippen LogP) is 4.86. The second-order valence-corrected chi connectivity index (χ2v) is 6.69. The number of carbonyl (C=O) groups excluding carboxylic acids is 1. The molecular formula is C16H12Cl2FN3O2S. The van der Waals surface area contributed by atoms with Crippen LogP contribution < -0.4 is 10.1 Å². The maximum Gasteiger partial charge on any atom is 0.274 e. The van der Waals surface area contributed by atoms with Crippen LogP contribution in [0.25, 0.3) is 11.3 Å². The number of amides is 1. The Morgan fingerprint density at radius 3 is 2.76 bits per heavy atom. The van der Waals surface area contributed by atoms with Gasteiger partial charge in [0.1, 0.15) is 22.4 Å². The minimum atomic E-state index is -0.400. The molecule has 5 nitrogen and oxygen atoms in total. The highest BCUT2D eigenvalue weighted by Gasteiger charge is 2.18. The molecule has 0 saturated carbocycles. The summed E-state index contributed by atoms with van der Waals surface area (Å²) in [7, 11) is 3.13. The molecule has 0 bridgehead atoms. The van der Waals surface area contributed by atoms with Crippen LogP contribution in [0.2, 0.25) is 10.2 Å². The first-order valence-electron chi connectivity index (χ1n) is 7.02. The molecule has 0 spiro atoms. The molecule has 1 aromatic carbocycles. The minimum Gasteiger partial charge on any atom is -0.496 e. The molecule has 3 aromatic rings. The molecule has 0 aliphatic rings. The van der Waals surface area contributed by atoms with Crippen molar-refractivity contribution in [2.45, 2.75) is 0 Å². The second kappa shape index (κ2) is 7.03. The van der Waals surface area contributed by atoms with E-state index in [1.165, 1.54) is 47.3 Å². The van der Waals surface area contributed by atoms with Gasteiger partial charge in [0.15, 0.2) is 5.13 Å². The van der Waals surface area contributed by atoms with Crippen molar-refractivity contribution in [3.63, 3.8) is 0 Å². The number of anilines is 1. The quantitative estimate of drug-likeness (QED) is 0.681. The number of nitrogens with one attached hydrogen (secondary N) is 1. The van der Waals surface area contributed by atoms with Gasteiger partial charge in [0, 0.05) is 18.0 Å². The van der Waals surface area contributed by atoms with E-state index in [0.717, 1.165) is 0 Å². The molecule has 25 heavy (non-hydrogen) atoms. The average Bonchev–Trinajstić information content (AvgIpc) is 3.15. The lowest BCUT2D eigenvalue weighted by molar-refractivity contribution is 0.101. The lowest BCUT2D eigenvalue weighted by atomic mass is 10.1. The SMILES string of the molecule is COc1ccc(F)cc1-c1csc(NC(=O)c2cc(Cl)c(Cl)n2C)n1. The van der Waals surface area contributed by atoms with Gasteiger partial charge in [-0.3, -0.25) is 10.1 Å². The third-order valence-electron chi connectivity index (χ3n) is 3.51. The van der Waals surface area contributed by atoms with Crippen molar-refractivity contribution < 1.29 is 13.9 Å². The Morgan fingerprint density at radius 2 is 2.12 bits per heavy atom. The summed E-state index contributed by atoms with van der Waals surface area (Å²) in [5.74, 6) is -0.309. The zero-order chi connectivity index (χ0) is 18.1. The van der Waals surface area contributed by atoms with E-state index in [1.54, 1.807) is 12.4 Å². The van der Waals surface area contributed by atoms with Crippen molar-refractivity contribution in [2.24, 2.45) is 7.05 Å². The Morgan fingerprint density at radius 1 is 1.36 bits per heavy atom. The van der Waals surface area contributed by atoms with E-state index in [2.05, 4.69) is 10.3 Å². The first-order chi connectivity index (χ1) is 11.9. The van der Waals surface area contributed by atoms with Crippen LogP contribution in [0.4, 0.5) is 9.52 Å². The smallest absolute Gasteiger partial charge is 0.274 e. The number of benzene rings is 1. The molecule has 0 aliphatic carbocycles. The number of ether oxygens (including phenoxy) is 1. The molecule has 130 valence electrons. The van der Waals surface area contributed by atoms with Gasteiger partial charge in [-0.1, -0.05) is 23.2 Å². The molecule has 2 aromatic heterocycles. The fourth-order valence-corrected chi connectivity index (χ4v) is 3.34. The molecule has 1 N–H and O–H groups in total. The standard InChI is InChI=1S/C16H12Cl2FN3O2S/c1-22-12(6-10(17)14(22)18)15(23)21-16-20-11(7-25-16)9-5-8(19)3-4-13(9)24-2/h3-7H,1-2H3,(H,20,21,23). The molecule has 0 radical (unpaired) electrons. The van der Waals surface area contributed by atoms with Crippen molar-refractivity contribution in [2.75, 3.05) is 12.4 Å². The van der Waals surface area contributed by atoms with E-state index < -0.39 is 11.7 Å². The molecule has 1 amide bonds. The summed E-state index contributed by atoms with van der Waals surface area (Å²) < 4.78 is 20.2. The highest BCUT2D eigenvalue weighted by Crippen LogP contribution is 2.33. The number of carbonyl (C=O) groups is 1. The van der Waals surface area contributed by atoms with Gasteiger partial charge in [-0.05, 0) is 24.3 Å². The Labute approximate surface area is 157 Å². The summed E-state index contributed by atoms with van der Waals surface area (Å²) in [5.41, 5.74) is 1.30. The summed E-state index contributed by atoms with van der Waals surface area (Å²) in [5, 5.41) is 5.31. The zero-order valence-corrected chi connectivity index (χ0v) is 15.5. The van der Waals surface area contributed by atoms with Gasteiger partial charge < -0.3 is 9.30 Å². The van der Waals surface area contributed by atoms with Gasteiger partial charge in [0.05, 0.1) is 17.8 Å². The van der Waals surface area contributed by atoms with Crippen LogP contribution in [0.3, 0.4) is 0 Å². The van der Waals surface area contributed by atoms with Gasteiger partial charge in [-0.2, -0.15) is 0 Å². The number of thiazole rings is 1. The Kier molecular flexibility index (Phi) is 4.99. The molecule has 9 heteroatoms. The number of hydrogen-bond acceptors (Lipinski definition) is 4. The van der Waals surface area contributed by atoms with Crippen molar-refractivity contribution in [3.8, 4) is 17.0 Å². The van der Waals surface area contributed by atoms with E-state index in [-0.39, 0.29) is 5.15 Å². The zero-order valence-electron chi connectivity index (χ0n) is 13.1. The minimum absolute atomic E-state index is 0.274. The Balaban J connectivity index is 1.86. The fraction of sp³-hybridized carbons (Fsp3) is 0.125. The second-order valence-electron chi connectivity index (χ2n) is 5.06. The summed E-state index contributed by atoms with van der Waals surface area (Å²) in [6, 6.07) is 5.64. The molecule has 3 rings (SSSR count). The normalized spacial score (nSPS) is 10.8. The lowest BCUT2D eigenvalue weighted by Crippen LogP contribution is -2.15. The molecule has 0 unspecified atom stereocenters. The Bertz CT molecular complexity index is 955. The molecule has 0 aliphatic heterocycles. The lowest BCUT2D eigenvalue weighted by Gasteiger charge is -2.06. The van der Waals surface area contributed by atoms with E-state index in [4.69, 9.17) is 27.9 Å². The molecular weight excluding hydrogens is 388 g/mol. The Hall–Kier alpha value is -2.09. The average molecular weight is 400 g/mol. The van der Waals surface area contributed by atoms with Crippen molar-refractivity contribution in [3.05, 3.63) is 51.3 Å². The predicted molar refractivity (Wildman–Crippen MR) is 97.4 cm³/mol. The first-order valence-corrected chi connectivity index (χ1v) is 8.65. The van der Waals surface area contributed by atoms with Crippen molar-refractivity contribution in [1.29, 1.82) is 0 Å². The largest absolute Gasteiger partial charge is 0.496 e. The fourth-order valence-electron chi connectivity index (χ4n) is 2.26. The molecule has 0 atom stereocenters. The summed E-state index contributed by atoms with van der Waals surface area (Å²) in [6.07, 6.45) is 0. The number of aromatic nitrogens is 2. The van der Waals surface area contributed by atoms with Crippen molar-refractivity contribution in [1.82, 2.24) is 9.55 Å².